The number of benzene rings is 1. The number of carbonyl (C=O) groups excluding carboxylic acids is 2. The molecule has 1 saturated heterocycles. The zero-order valence-electron chi connectivity index (χ0n) is 14.7. The lowest BCUT2D eigenvalue weighted by atomic mass is 10.2. The standard InChI is InChI=1S/C18H20N2O4S3/c1-26-10-8-13(17(23)24)19-15(21)7-9-20-16(22)14(27-18(20)25)11-12-5-3-2-4-6-12/h2-6,11,13H,7-10H2,1H3,(H,19,21)(H,23,24)/b14-11+. The average molecular weight is 425 g/mol. The fourth-order valence-corrected chi connectivity index (χ4v) is 4.15. The molecule has 2 N–H and O–H groups in total. The van der Waals surface area contributed by atoms with Crippen LogP contribution in [-0.2, 0) is 14.4 Å². The number of carboxylic acids is 1. The highest BCUT2D eigenvalue weighted by Crippen LogP contribution is 2.32. The van der Waals surface area contributed by atoms with Crippen LogP contribution in [0.3, 0.4) is 0 Å². The Morgan fingerprint density at radius 1 is 1.37 bits per heavy atom. The normalized spacial score (nSPS) is 16.6. The van der Waals surface area contributed by atoms with E-state index in [0.29, 0.717) is 21.4 Å². The van der Waals surface area contributed by atoms with Gasteiger partial charge in [-0.15, -0.1) is 0 Å². The van der Waals surface area contributed by atoms with Gasteiger partial charge in [-0.1, -0.05) is 54.3 Å². The van der Waals surface area contributed by atoms with Gasteiger partial charge < -0.3 is 10.4 Å². The van der Waals surface area contributed by atoms with Crippen molar-refractivity contribution in [1.29, 1.82) is 0 Å². The maximum Gasteiger partial charge on any atom is 0.326 e. The second-order valence-electron chi connectivity index (χ2n) is 5.73. The van der Waals surface area contributed by atoms with Gasteiger partial charge in [-0.3, -0.25) is 14.5 Å². The van der Waals surface area contributed by atoms with Crippen LogP contribution in [0.2, 0.25) is 0 Å². The van der Waals surface area contributed by atoms with E-state index < -0.39 is 17.9 Å². The van der Waals surface area contributed by atoms with Gasteiger partial charge in [0.15, 0.2) is 0 Å². The Morgan fingerprint density at radius 2 is 2.07 bits per heavy atom. The summed E-state index contributed by atoms with van der Waals surface area (Å²) < 4.78 is 0.396. The molecule has 0 bridgehead atoms. The fraction of sp³-hybridized carbons (Fsp3) is 0.333. The van der Waals surface area contributed by atoms with Crippen LogP contribution >= 0.6 is 35.7 Å². The van der Waals surface area contributed by atoms with Crippen LogP contribution in [0.1, 0.15) is 18.4 Å². The molecule has 0 spiro atoms. The van der Waals surface area contributed by atoms with E-state index in [1.54, 1.807) is 6.08 Å². The van der Waals surface area contributed by atoms with Crippen molar-refractivity contribution in [2.45, 2.75) is 18.9 Å². The Bertz CT molecular complexity index is 752. The monoisotopic (exact) mass is 424 g/mol. The van der Waals surface area contributed by atoms with Crippen LogP contribution in [0.4, 0.5) is 0 Å². The van der Waals surface area contributed by atoms with Crippen molar-refractivity contribution in [2.24, 2.45) is 0 Å². The Morgan fingerprint density at radius 3 is 2.70 bits per heavy atom. The molecular weight excluding hydrogens is 404 g/mol. The van der Waals surface area contributed by atoms with E-state index in [0.717, 1.165) is 5.56 Å². The Balaban J connectivity index is 1.92. The molecule has 0 aliphatic carbocycles. The lowest BCUT2D eigenvalue weighted by molar-refractivity contribution is -0.142. The van der Waals surface area contributed by atoms with Gasteiger partial charge in [0.1, 0.15) is 10.4 Å². The van der Waals surface area contributed by atoms with E-state index >= 15 is 0 Å². The molecule has 2 amide bonds. The number of rotatable bonds is 9. The first-order valence-corrected chi connectivity index (χ1v) is 10.9. The van der Waals surface area contributed by atoms with Crippen molar-refractivity contribution < 1.29 is 19.5 Å². The fourth-order valence-electron chi connectivity index (χ4n) is 2.37. The second kappa shape index (κ2) is 10.5. The van der Waals surface area contributed by atoms with Crippen LogP contribution in [0.25, 0.3) is 6.08 Å². The van der Waals surface area contributed by atoms with Crippen molar-refractivity contribution in [1.82, 2.24) is 10.2 Å². The van der Waals surface area contributed by atoms with Gasteiger partial charge in [-0.2, -0.15) is 11.8 Å². The summed E-state index contributed by atoms with van der Waals surface area (Å²) in [4.78, 5) is 37.7. The molecule has 144 valence electrons. The third kappa shape index (κ3) is 6.37. The molecule has 1 fully saturated rings. The topological polar surface area (TPSA) is 86.7 Å². The largest absolute Gasteiger partial charge is 0.480 e. The van der Waals surface area contributed by atoms with Crippen LogP contribution < -0.4 is 5.32 Å². The molecule has 1 aliphatic rings. The molecule has 9 heteroatoms. The summed E-state index contributed by atoms with van der Waals surface area (Å²) in [6, 6.07) is 8.51. The minimum atomic E-state index is -1.06. The van der Waals surface area contributed by atoms with Crippen molar-refractivity contribution in [3.05, 3.63) is 40.8 Å². The van der Waals surface area contributed by atoms with E-state index in [9.17, 15) is 14.4 Å². The maximum atomic E-state index is 12.5. The summed E-state index contributed by atoms with van der Waals surface area (Å²) in [6.07, 6.45) is 3.98. The molecular formula is C18H20N2O4S3. The van der Waals surface area contributed by atoms with Crippen molar-refractivity contribution in [2.75, 3.05) is 18.6 Å². The molecule has 1 unspecified atom stereocenters. The van der Waals surface area contributed by atoms with Crippen LogP contribution in [-0.4, -0.2) is 56.7 Å². The first-order valence-electron chi connectivity index (χ1n) is 8.24. The van der Waals surface area contributed by atoms with E-state index in [2.05, 4.69) is 5.32 Å². The molecule has 0 aromatic heterocycles. The summed E-state index contributed by atoms with van der Waals surface area (Å²) in [6.45, 7) is 0.123. The molecule has 0 saturated carbocycles. The number of thiocarbonyl (C=S) groups is 1. The SMILES string of the molecule is CSCCC(NC(=O)CCN1C(=O)/C(=C\c2ccccc2)SC1=S)C(=O)O. The highest BCUT2D eigenvalue weighted by atomic mass is 32.2. The number of carbonyl (C=O) groups is 3. The van der Waals surface area contributed by atoms with Gasteiger partial charge in [-0.25, -0.2) is 4.79 Å². The van der Waals surface area contributed by atoms with Crippen LogP contribution in [0.15, 0.2) is 35.2 Å². The molecule has 27 heavy (non-hydrogen) atoms. The van der Waals surface area contributed by atoms with E-state index in [4.69, 9.17) is 17.3 Å². The van der Waals surface area contributed by atoms with Crippen LogP contribution in [0.5, 0.6) is 0 Å². The summed E-state index contributed by atoms with van der Waals surface area (Å²) >= 11 is 7.96. The smallest absolute Gasteiger partial charge is 0.326 e. The average Bonchev–Trinajstić information content (AvgIpc) is 2.90. The Labute approximate surface area is 171 Å². The zero-order valence-corrected chi connectivity index (χ0v) is 17.2. The number of aliphatic carboxylic acids is 1. The number of hydrogen-bond donors (Lipinski definition) is 2. The van der Waals surface area contributed by atoms with Gasteiger partial charge in [0, 0.05) is 13.0 Å². The number of nitrogens with zero attached hydrogens (tertiary/aromatic N) is 1. The minimum Gasteiger partial charge on any atom is -0.480 e. The lowest BCUT2D eigenvalue weighted by Crippen LogP contribution is -2.42. The van der Waals surface area contributed by atoms with Gasteiger partial charge in [0.2, 0.25) is 5.91 Å². The Hall–Kier alpha value is -1.84. The van der Waals surface area contributed by atoms with Crippen molar-refractivity contribution >= 4 is 63.9 Å². The molecule has 1 aliphatic heterocycles. The maximum absolute atomic E-state index is 12.5. The third-order valence-corrected chi connectivity index (χ3v) is 5.80. The third-order valence-electron chi connectivity index (χ3n) is 3.78. The lowest BCUT2D eigenvalue weighted by Gasteiger charge is -2.17. The van der Waals surface area contributed by atoms with E-state index in [1.165, 1.54) is 28.4 Å². The van der Waals surface area contributed by atoms with Gasteiger partial charge in [0.25, 0.3) is 5.91 Å². The van der Waals surface area contributed by atoms with Crippen LogP contribution in [0, 0.1) is 0 Å². The summed E-state index contributed by atoms with van der Waals surface area (Å²) in [7, 11) is 0. The summed E-state index contributed by atoms with van der Waals surface area (Å²) in [5.41, 5.74) is 0.897. The number of carboxylic acid groups (broad SMARTS) is 1. The molecule has 2 rings (SSSR count). The van der Waals surface area contributed by atoms with E-state index in [-0.39, 0.29) is 18.9 Å². The Kier molecular flexibility index (Phi) is 8.33. The zero-order chi connectivity index (χ0) is 19.8. The molecule has 0 radical (unpaired) electrons. The molecule has 1 heterocycles. The number of hydrogen-bond acceptors (Lipinski definition) is 6. The molecule has 1 atom stereocenters. The number of nitrogens with one attached hydrogen (secondary N) is 1. The molecule has 1 aromatic rings. The van der Waals surface area contributed by atoms with Gasteiger partial charge in [0.05, 0.1) is 4.91 Å². The summed E-state index contributed by atoms with van der Waals surface area (Å²) in [5, 5.41) is 11.7. The van der Waals surface area contributed by atoms with Gasteiger partial charge >= 0.3 is 5.97 Å². The van der Waals surface area contributed by atoms with Gasteiger partial charge in [-0.05, 0) is 30.1 Å². The molecule has 1 aromatic carbocycles. The predicted octanol–water partition coefficient (Wildman–Crippen LogP) is 2.60. The van der Waals surface area contributed by atoms with Crippen molar-refractivity contribution in [3.63, 3.8) is 0 Å². The molecule has 6 nitrogen and oxygen atoms in total. The number of amides is 2. The summed E-state index contributed by atoms with van der Waals surface area (Å²) in [5.74, 6) is -1.08. The first-order chi connectivity index (χ1) is 12.9. The predicted molar refractivity (Wildman–Crippen MR) is 114 cm³/mol. The second-order valence-corrected chi connectivity index (χ2v) is 8.40. The van der Waals surface area contributed by atoms with E-state index in [1.807, 2.05) is 36.6 Å². The minimum absolute atomic E-state index is 0.00585. The highest BCUT2D eigenvalue weighted by Gasteiger charge is 2.32. The first kappa shape index (κ1) is 21.5. The quantitative estimate of drug-likeness (QED) is 0.465. The van der Waals surface area contributed by atoms with Crippen molar-refractivity contribution in [3.8, 4) is 0 Å². The highest BCUT2D eigenvalue weighted by molar-refractivity contribution is 8.26. The number of thioether (sulfide) groups is 2.